The first-order chi connectivity index (χ1) is 12.7. The number of hydrogen-bond donors (Lipinski definition) is 0. The predicted octanol–water partition coefficient (Wildman–Crippen LogP) is 3.87. The van der Waals surface area contributed by atoms with Crippen LogP contribution in [0.3, 0.4) is 0 Å². The van der Waals surface area contributed by atoms with Crippen LogP contribution in [0.5, 0.6) is 5.75 Å². The number of carbonyl (C=O) groups excluding carboxylic acids is 2. The number of imide groups is 1. The molecular weight excluding hydrogens is 328 g/mol. The zero-order chi connectivity index (χ0) is 18.1. The summed E-state index contributed by atoms with van der Waals surface area (Å²) in [5.41, 5.74) is 1.74. The van der Waals surface area contributed by atoms with Gasteiger partial charge in [0.05, 0.1) is 23.9 Å². The summed E-state index contributed by atoms with van der Waals surface area (Å²) in [5.74, 6) is -0.0710. The Morgan fingerprint density at radius 3 is 2.12 bits per heavy atom. The van der Waals surface area contributed by atoms with Gasteiger partial charge in [-0.2, -0.15) is 10.1 Å². The second-order valence-electron chi connectivity index (χ2n) is 5.88. The molecule has 0 radical (unpaired) electrons. The number of rotatable bonds is 4. The van der Waals surface area contributed by atoms with Gasteiger partial charge in [0.2, 0.25) is 0 Å². The Labute approximate surface area is 150 Å². The minimum absolute atomic E-state index is 0.415. The van der Waals surface area contributed by atoms with Crippen LogP contribution < -0.4 is 4.74 Å². The Kier molecular flexibility index (Phi) is 3.97. The van der Waals surface area contributed by atoms with Gasteiger partial charge >= 0.3 is 0 Å². The molecule has 3 aromatic carbocycles. The van der Waals surface area contributed by atoms with Crippen LogP contribution in [0.25, 0.3) is 10.8 Å². The van der Waals surface area contributed by atoms with Crippen molar-refractivity contribution in [3.8, 4) is 5.75 Å². The second kappa shape index (κ2) is 6.44. The SMILES string of the molecule is CCOc1ccc(C=NN2C(=O)c3cccc4cccc(c34)C2=O)cc1. The van der Waals surface area contributed by atoms with Crippen LogP contribution in [0.15, 0.2) is 65.8 Å². The van der Waals surface area contributed by atoms with Gasteiger partial charge in [-0.25, -0.2) is 0 Å². The van der Waals surface area contributed by atoms with E-state index in [1.54, 1.807) is 12.1 Å². The molecule has 0 atom stereocenters. The van der Waals surface area contributed by atoms with E-state index in [1.165, 1.54) is 6.21 Å². The molecule has 0 saturated heterocycles. The largest absolute Gasteiger partial charge is 0.494 e. The highest BCUT2D eigenvalue weighted by atomic mass is 16.5. The van der Waals surface area contributed by atoms with Crippen LogP contribution >= 0.6 is 0 Å². The molecule has 4 rings (SSSR count). The number of hydrogen-bond acceptors (Lipinski definition) is 4. The Morgan fingerprint density at radius 2 is 1.54 bits per heavy atom. The summed E-state index contributed by atoms with van der Waals surface area (Å²) in [6, 6.07) is 18.1. The van der Waals surface area contributed by atoms with E-state index in [2.05, 4.69) is 5.10 Å². The Morgan fingerprint density at radius 1 is 0.923 bits per heavy atom. The zero-order valence-corrected chi connectivity index (χ0v) is 14.2. The molecule has 1 aliphatic heterocycles. The van der Waals surface area contributed by atoms with Crippen molar-refractivity contribution in [2.75, 3.05) is 6.61 Å². The van der Waals surface area contributed by atoms with Crippen molar-refractivity contribution in [3.05, 3.63) is 77.4 Å². The number of benzene rings is 3. The van der Waals surface area contributed by atoms with Gasteiger partial charge in [0.1, 0.15) is 5.75 Å². The molecule has 5 nitrogen and oxygen atoms in total. The lowest BCUT2D eigenvalue weighted by atomic mass is 9.95. The third-order valence-corrected chi connectivity index (χ3v) is 4.26. The van der Waals surface area contributed by atoms with Crippen molar-refractivity contribution in [1.29, 1.82) is 0 Å². The topological polar surface area (TPSA) is 59.0 Å². The summed E-state index contributed by atoms with van der Waals surface area (Å²) in [7, 11) is 0. The highest BCUT2D eigenvalue weighted by molar-refractivity contribution is 6.25. The summed E-state index contributed by atoms with van der Waals surface area (Å²) < 4.78 is 5.40. The van der Waals surface area contributed by atoms with E-state index < -0.39 is 11.8 Å². The molecule has 0 spiro atoms. The molecule has 3 aromatic rings. The summed E-state index contributed by atoms with van der Waals surface area (Å²) in [4.78, 5) is 25.5. The number of ether oxygens (including phenoxy) is 1. The van der Waals surface area contributed by atoms with E-state index in [4.69, 9.17) is 4.74 Å². The normalized spacial score (nSPS) is 13.7. The molecule has 2 amide bonds. The number of nitrogens with zero attached hydrogens (tertiary/aromatic N) is 2. The van der Waals surface area contributed by atoms with Gasteiger partial charge in [0.25, 0.3) is 11.8 Å². The van der Waals surface area contributed by atoms with Crippen LogP contribution in [0.4, 0.5) is 0 Å². The molecule has 0 N–H and O–H groups in total. The summed E-state index contributed by atoms with van der Waals surface area (Å²) in [5, 5.41) is 6.63. The maximum atomic E-state index is 12.7. The minimum atomic E-state index is -0.415. The van der Waals surface area contributed by atoms with E-state index in [0.717, 1.165) is 21.7 Å². The van der Waals surface area contributed by atoms with Gasteiger partial charge in [-0.15, -0.1) is 0 Å². The van der Waals surface area contributed by atoms with Crippen LogP contribution in [-0.2, 0) is 0 Å². The van der Waals surface area contributed by atoms with E-state index in [1.807, 2.05) is 55.5 Å². The predicted molar refractivity (Wildman–Crippen MR) is 99.7 cm³/mol. The maximum absolute atomic E-state index is 12.7. The van der Waals surface area contributed by atoms with Gasteiger partial charge in [-0.1, -0.05) is 24.3 Å². The highest BCUT2D eigenvalue weighted by Gasteiger charge is 2.32. The molecule has 128 valence electrons. The van der Waals surface area contributed by atoms with Gasteiger partial charge in [-0.3, -0.25) is 9.59 Å². The molecule has 0 saturated carbocycles. The first kappa shape index (κ1) is 16.0. The smallest absolute Gasteiger partial charge is 0.282 e. The van der Waals surface area contributed by atoms with E-state index in [9.17, 15) is 9.59 Å². The lowest BCUT2D eigenvalue weighted by Crippen LogP contribution is -2.36. The number of carbonyl (C=O) groups is 2. The Bertz CT molecular complexity index is 988. The Hall–Kier alpha value is -3.47. The quantitative estimate of drug-likeness (QED) is 0.533. The summed E-state index contributed by atoms with van der Waals surface area (Å²) in [6.07, 6.45) is 1.50. The van der Waals surface area contributed by atoms with E-state index in [-0.39, 0.29) is 0 Å². The van der Waals surface area contributed by atoms with Gasteiger partial charge in [0, 0.05) is 5.39 Å². The molecule has 0 aliphatic carbocycles. The molecule has 0 bridgehead atoms. The van der Waals surface area contributed by atoms with Crippen LogP contribution in [0.2, 0.25) is 0 Å². The monoisotopic (exact) mass is 344 g/mol. The third-order valence-electron chi connectivity index (χ3n) is 4.26. The first-order valence-electron chi connectivity index (χ1n) is 8.36. The standard InChI is InChI=1S/C21H16N2O3/c1-2-26-16-11-9-14(10-12-16)13-22-23-20(24)17-7-3-5-15-6-4-8-18(19(15)17)21(23)25/h3-13H,2H2,1H3. The minimum Gasteiger partial charge on any atom is -0.494 e. The molecule has 0 fully saturated rings. The molecular formula is C21H16N2O3. The molecule has 1 aliphatic rings. The van der Waals surface area contributed by atoms with E-state index >= 15 is 0 Å². The molecule has 0 aromatic heterocycles. The van der Waals surface area contributed by atoms with Crippen molar-refractivity contribution in [3.63, 3.8) is 0 Å². The summed E-state index contributed by atoms with van der Waals surface area (Å²) in [6.45, 7) is 2.51. The fourth-order valence-corrected chi connectivity index (χ4v) is 3.06. The van der Waals surface area contributed by atoms with Crippen LogP contribution in [0, 0.1) is 0 Å². The average Bonchev–Trinajstić information content (AvgIpc) is 2.67. The van der Waals surface area contributed by atoms with Crippen molar-refractivity contribution in [1.82, 2.24) is 5.01 Å². The van der Waals surface area contributed by atoms with Crippen molar-refractivity contribution < 1.29 is 14.3 Å². The lowest BCUT2D eigenvalue weighted by Gasteiger charge is -2.22. The van der Waals surface area contributed by atoms with Crippen molar-refractivity contribution in [2.24, 2.45) is 5.10 Å². The van der Waals surface area contributed by atoms with Crippen LogP contribution in [0.1, 0.15) is 33.2 Å². The molecule has 26 heavy (non-hydrogen) atoms. The number of hydrazone groups is 1. The zero-order valence-electron chi connectivity index (χ0n) is 14.2. The van der Waals surface area contributed by atoms with Gasteiger partial charge < -0.3 is 4.74 Å². The van der Waals surface area contributed by atoms with E-state index in [0.29, 0.717) is 23.1 Å². The van der Waals surface area contributed by atoms with Crippen LogP contribution in [-0.4, -0.2) is 29.6 Å². The van der Waals surface area contributed by atoms with Crippen molar-refractivity contribution in [2.45, 2.75) is 6.92 Å². The maximum Gasteiger partial charge on any atom is 0.282 e. The molecule has 5 heteroatoms. The highest BCUT2D eigenvalue weighted by Crippen LogP contribution is 2.30. The number of amides is 2. The lowest BCUT2D eigenvalue weighted by molar-refractivity contribution is 0.0616. The fraction of sp³-hybridized carbons (Fsp3) is 0.0952. The first-order valence-corrected chi connectivity index (χ1v) is 8.36. The van der Waals surface area contributed by atoms with Gasteiger partial charge in [0.15, 0.2) is 0 Å². The van der Waals surface area contributed by atoms with Gasteiger partial charge in [-0.05, 0) is 54.3 Å². The Balaban J connectivity index is 1.68. The molecule has 1 heterocycles. The fourth-order valence-electron chi connectivity index (χ4n) is 3.06. The average molecular weight is 344 g/mol. The third kappa shape index (κ3) is 2.63. The second-order valence-corrected chi connectivity index (χ2v) is 5.88. The molecule has 0 unspecified atom stereocenters. The summed E-state index contributed by atoms with van der Waals surface area (Å²) >= 11 is 0. The van der Waals surface area contributed by atoms with Crippen molar-refractivity contribution >= 4 is 28.8 Å².